The van der Waals surface area contributed by atoms with Gasteiger partial charge in [0.1, 0.15) is 5.75 Å². The highest BCUT2D eigenvalue weighted by atomic mass is 32.2. The van der Waals surface area contributed by atoms with Gasteiger partial charge in [-0.3, -0.25) is 9.32 Å². The number of methoxy groups -OCH3 is 1. The molecule has 1 heterocycles. The van der Waals surface area contributed by atoms with Crippen LogP contribution in [0.4, 0.5) is 5.69 Å². The van der Waals surface area contributed by atoms with E-state index >= 15 is 0 Å². The van der Waals surface area contributed by atoms with Gasteiger partial charge in [-0.05, 0) is 52.9 Å². The number of rotatable bonds is 6. The Hall–Kier alpha value is -3.00. The summed E-state index contributed by atoms with van der Waals surface area (Å²) in [5, 5.41) is 5.16. The molecule has 26 heavy (non-hydrogen) atoms. The number of aromatic nitrogens is 2. The Morgan fingerprint density at radius 2 is 1.88 bits per heavy atom. The fourth-order valence-electron chi connectivity index (χ4n) is 2.25. The average Bonchev–Trinajstić information content (AvgIpc) is 3.03. The smallest absolute Gasteiger partial charge is 0.442 e. The van der Waals surface area contributed by atoms with Gasteiger partial charge in [-0.2, -0.15) is 0 Å². The second-order valence-corrected chi connectivity index (χ2v) is 6.76. The topological polar surface area (TPSA) is 88.2 Å². The normalized spacial score (nSPS) is 11.8. The zero-order valence-corrected chi connectivity index (χ0v) is 15.1. The third-order valence-electron chi connectivity index (χ3n) is 3.64. The van der Waals surface area contributed by atoms with Gasteiger partial charge in [-0.1, -0.05) is 18.2 Å². The number of nitrogens with zero attached hydrogens (tertiary/aromatic N) is 1. The van der Waals surface area contributed by atoms with Crippen molar-refractivity contribution < 1.29 is 18.7 Å². The van der Waals surface area contributed by atoms with E-state index in [1.807, 2.05) is 18.2 Å². The highest BCUT2D eigenvalue weighted by molar-refractivity contribution is 8.00. The quantitative estimate of drug-likeness (QED) is 0.512. The minimum absolute atomic E-state index is 0.205. The second-order valence-electron chi connectivity index (χ2n) is 5.43. The third kappa shape index (κ3) is 3.97. The molecule has 0 aliphatic rings. The number of anilines is 1. The molecule has 1 aromatic heterocycles. The number of amides is 1. The first kappa shape index (κ1) is 17.8. The molecule has 3 aromatic rings. The van der Waals surface area contributed by atoms with E-state index in [1.165, 1.54) is 4.68 Å². The number of ether oxygens (including phenoxy) is 1. The molecule has 1 unspecified atom stereocenters. The Labute approximate surface area is 153 Å². The van der Waals surface area contributed by atoms with Crippen LogP contribution in [0, 0.1) is 0 Å². The molecule has 8 heteroatoms. The highest BCUT2D eigenvalue weighted by Gasteiger charge is 2.29. The maximum atomic E-state index is 12.4. The van der Waals surface area contributed by atoms with Gasteiger partial charge in [0.15, 0.2) is 0 Å². The predicted molar refractivity (Wildman–Crippen MR) is 97.8 cm³/mol. The van der Waals surface area contributed by atoms with Crippen LogP contribution in [0.15, 0.2) is 68.9 Å². The van der Waals surface area contributed by atoms with Gasteiger partial charge in [0, 0.05) is 17.8 Å². The first-order chi connectivity index (χ1) is 12.6. The molecule has 0 saturated carbocycles. The number of H-pyrrole nitrogens is 1. The van der Waals surface area contributed by atoms with Gasteiger partial charge in [0.05, 0.1) is 12.4 Å². The summed E-state index contributed by atoms with van der Waals surface area (Å²) in [4.78, 5) is 24.4. The van der Waals surface area contributed by atoms with Crippen molar-refractivity contribution in [1.29, 1.82) is 0 Å². The van der Waals surface area contributed by atoms with E-state index in [1.54, 1.807) is 50.4 Å². The van der Waals surface area contributed by atoms with E-state index in [-0.39, 0.29) is 10.9 Å². The number of nitrogens with one attached hydrogen (secondary N) is 2. The lowest BCUT2D eigenvalue weighted by molar-refractivity contribution is -0.704. The molecular weight excluding hydrogens is 354 g/mol. The van der Waals surface area contributed by atoms with Crippen LogP contribution in [0.2, 0.25) is 0 Å². The number of para-hydroxylation sites is 1. The zero-order chi connectivity index (χ0) is 18.5. The molecular formula is C18H18N3O4S+. The van der Waals surface area contributed by atoms with Gasteiger partial charge < -0.3 is 10.1 Å². The van der Waals surface area contributed by atoms with Crippen molar-refractivity contribution in [2.24, 2.45) is 0 Å². The molecule has 2 aromatic carbocycles. The lowest BCUT2D eigenvalue weighted by Gasteiger charge is -2.09. The molecule has 1 amide bonds. The van der Waals surface area contributed by atoms with E-state index < -0.39 is 10.9 Å². The van der Waals surface area contributed by atoms with Crippen LogP contribution in [0.5, 0.6) is 5.75 Å². The zero-order valence-electron chi connectivity index (χ0n) is 14.3. The van der Waals surface area contributed by atoms with Crippen LogP contribution < -0.4 is 20.4 Å². The monoisotopic (exact) mass is 372 g/mol. The summed E-state index contributed by atoms with van der Waals surface area (Å²) < 4.78 is 11.5. The summed E-state index contributed by atoms with van der Waals surface area (Å²) >= 11 is 1.12. The number of carbonyl (C=O) groups excluding carboxylic acids is 1. The summed E-state index contributed by atoms with van der Waals surface area (Å²) in [7, 11) is 1.58. The lowest BCUT2D eigenvalue weighted by Crippen LogP contribution is -2.37. The molecule has 1 atom stereocenters. The van der Waals surface area contributed by atoms with Crippen LogP contribution in [0.3, 0.4) is 0 Å². The standard InChI is InChI=1S/C18H17N3O4S/c1-12(16(22)19-13-6-4-3-5-7-13)26-17-18(23)25-20-21(17)14-8-10-15(24-2)11-9-14/h3-12H,1-2H3,(H-,19,20,22,23)/p+1. The van der Waals surface area contributed by atoms with Crippen molar-refractivity contribution in [3.05, 3.63) is 65.0 Å². The molecule has 0 spiro atoms. The van der Waals surface area contributed by atoms with Gasteiger partial charge in [-0.25, -0.2) is 4.79 Å². The van der Waals surface area contributed by atoms with Crippen LogP contribution >= 0.6 is 11.8 Å². The van der Waals surface area contributed by atoms with Crippen LogP contribution in [0.25, 0.3) is 5.69 Å². The van der Waals surface area contributed by atoms with E-state index in [4.69, 9.17) is 9.26 Å². The van der Waals surface area contributed by atoms with Crippen molar-refractivity contribution in [1.82, 2.24) is 5.27 Å². The molecule has 2 N–H and O–H groups in total. The Morgan fingerprint density at radius 3 is 2.54 bits per heavy atom. The van der Waals surface area contributed by atoms with Crippen LogP contribution in [0.1, 0.15) is 6.92 Å². The van der Waals surface area contributed by atoms with Gasteiger partial charge in [0.25, 0.3) is 0 Å². The summed E-state index contributed by atoms with van der Waals surface area (Å²) in [5.74, 6) is 0.494. The Morgan fingerprint density at radius 1 is 1.19 bits per heavy atom. The van der Waals surface area contributed by atoms with Crippen LogP contribution in [-0.4, -0.2) is 23.5 Å². The molecule has 0 radical (unpaired) electrons. The van der Waals surface area contributed by atoms with E-state index in [0.717, 1.165) is 11.8 Å². The van der Waals surface area contributed by atoms with Gasteiger partial charge >= 0.3 is 10.7 Å². The maximum absolute atomic E-state index is 12.4. The molecule has 0 bridgehead atoms. The van der Waals surface area contributed by atoms with E-state index in [9.17, 15) is 9.59 Å². The molecule has 0 aliphatic carbocycles. The SMILES string of the molecule is COc1ccc(-[n+]2[nH]oc(=O)c2SC(C)C(=O)Nc2ccccc2)cc1. The molecule has 0 aliphatic heterocycles. The van der Waals surface area contributed by atoms with E-state index in [2.05, 4.69) is 10.6 Å². The predicted octanol–water partition coefficient (Wildman–Crippen LogP) is 2.37. The molecule has 0 fully saturated rings. The first-order valence-electron chi connectivity index (χ1n) is 7.89. The van der Waals surface area contributed by atoms with Crippen molar-refractivity contribution in [3.63, 3.8) is 0 Å². The van der Waals surface area contributed by atoms with Crippen molar-refractivity contribution >= 4 is 23.4 Å². The Balaban J connectivity index is 1.78. The van der Waals surface area contributed by atoms with Gasteiger partial charge in [0.2, 0.25) is 11.6 Å². The third-order valence-corrected chi connectivity index (χ3v) is 4.78. The fraction of sp³-hybridized carbons (Fsp3) is 0.167. The highest BCUT2D eigenvalue weighted by Crippen LogP contribution is 2.20. The Kier molecular flexibility index (Phi) is 5.43. The largest absolute Gasteiger partial charge is 0.497 e. The maximum Gasteiger partial charge on any atom is 0.442 e. The summed E-state index contributed by atoms with van der Waals surface area (Å²) in [6.07, 6.45) is 0. The number of benzene rings is 2. The first-order valence-corrected chi connectivity index (χ1v) is 8.77. The number of aromatic amines is 1. The van der Waals surface area contributed by atoms with Crippen LogP contribution in [-0.2, 0) is 4.79 Å². The molecule has 3 rings (SSSR count). The average molecular weight is 372 g/mol. The second kappa shape index (κ2) is 7.92. The van der Waals surface area contributed by atoms with Crippen molar-refractivity contribution in [2.75, 3.05) is 12.4 Å². The molecule has 7 nitrogen and oxygen atoms in total. The minimum Gasteiger partial charge on any atom is -0.497 e. The summed E-state index contributed by atoms with van der Waals surface area (Å²) in [5.41, 5.74) is 0.856. The Bertz CT molecular complexity index is 935. The number of hydrogen-bond donors (Lipinski definition) is 2. The van der Waals surface area contributed by atoms with Crippen molar-refractivity contribution in [3.8, 4) is 11.4 Å². The lowest BCUT2D eigenvalue weighted by atomic mass is 10.3. The summed E-state index contributed by atoms with van der Waals surface area (Å²) in [6, 6.07) is 16.3. The number of hydrogen-bond acceptors (Lipinski definition) is 5. The summed E-state index contributed by atoms with van der Waals surface area (Å²) in [6.45, 7) is 1.73. The van der Waals surface area contributed by atoms with Crippen molar-refractivity contribution in [2.45, 2.75) is 17.2 Å². The minimum atomic E-state index is -0.537. The molecule has 0 saturated heterocycles. The fourth-order valence-corrected chi connectivity index (χ4v) is 3.14. The number of thioether (sulfide) groups is 1. The van der Waals surface area contributed by atoms with E-state index in [0.29, 0.717) is 17.1 Å². The van der Waals surface area contributed by atoms with Gasteiger partial charge in [-0.15, -0.1) is 0 Å². The molecule has 134 valence electrons. The number of carbonyl (C=O) groups is 1.